The van der Waals surface area contributed by atoms with E-state index >= 15 is 0 Å². The van der Waals surface area contributed by atoms with Gasteiger partial charge in [-0.1, -0.05) is 20.8 Å². The van der Waals surface area contributed by atoms with Crippen LogP contribution in [0.5, 0.6) is 0 Å². The van der Waals surface area contributed by atoms with E-state index in [0.717, 1.165) is 13.0 Å². The van der Waals surface area contributed by atoms with Crippen LogP contribution >= 0.6 is 0 Å². The van der Waals surface area contributed by atoms with E-state index in [-0.39, 0.29) is 12.2 Å². The lowest BCUT2D eigenvalue weighted by atomic mass is 10.1. The molecule has 0 aromatic carbocycles. The first kappa shape index (κ1) is 12.9. The SMILES string of the molecule is CCC(O)CC(O)CCNC(C)C. The molecule has 0 fully saturated rings. The number of hydrogen-bond donors (Lipinski definition) is 3. The number of rotatable bonds is 7. The maximum absolute atomic E-state index is 9.46. The van der Waals surface area contributed by atoms with Crippen molar-refractivity contribution in [2.24, 2.45) is 0 Å². The van der Waals surface area contributed by atoms with Gasteiger partial charge in [0.15, 0.2) is 0 Å². The minimum Gasteiger partial charge on any atom is -0.393 e. The van der Waals surface area contributed by atoms with Crippen molar-refractivity contribution in [3.05, 3.63) is 0 Å². The lowest BCUT2D eigenvalue weighted by Crippen LogP contribution is -2.28. The maximum Gasteiger partial charge on any atom is 0.0577 e. The molecule has 2 unspecified atom stereocenters. The smallest absolute Gasteiger partial charge is 0.0577 e. The van der Waals surface area contributed by atoms with Crippen LogP contribution < -0.4 is 5.32 Å². The monoisotopic (exact) mass is 189 g/mol. The van der Waals surface area contributed by atoms with Gasteiger partial charge >= 0.3 is 0 Å². The van der Waals surface area contributed by atoms with E-state index in [1.165, 1.54) is 0 Å². The average molecular weight is 189 g/mol. The van der Waals surface area contributed by atoms with Gasteiger partial charge in [-0.15, -0.1) is 0 Å². The fourth-order valence-corrected chi connectivity index (χ4v) is 1.14. The molecule has 3 nitrogen and oxygen atoms in total. The summed E-state index contributed by atoms with van der Waals surface area (Å²) < 4.78 is 0. The summed E-state index contributed by atoms with van der Waals surface area (Å²) in [6, 6.07) is 0.461. The van der Waals surface area contributed by atoms with E-state index in [4.69, 9.17) is 0 Å². The van der Waals surface area contributed by atoms with Gasteiger partial charge in [0, 0.05) is 6.04 Å². The summed E-state index contributed by atoms with van der Waals surface area (Å²) in [6.45, 7) is 6.89. The van der Waals surface area contributed by atoms with Crippen molar-refractivity contribution in [3.8, 4) is 0 Å². The van der Waals surface area contributed by atoms with Crippen molar-refractivity contribution in [1.29, 1.82) is 0 Å². The van der Waals surface area contributed by atoms with E-state index in [2.05, 4.69) is 19.2 Å². The predicted octanol–water partition coefficient (Wildman–Crippen LogP) is 0.896. The molecule has 2 atom stereocenters. The molecule has 0 aliphatic rings. The highest BCUT2D eigenvalue weighted by Gasteiger charge is 2.09. The van der Waals surface area contributed by atoms with Crippen molar-refractivity contribution in [3.63, 3.8) is 0 Å². The number of hydrogen-bond acceptors (Lipinski definition) is 3. The van der Waals surface area contributed by atoms with E-state index in [1.54, 1.807) is 0 Å². The summed E-state index contributed by atoms with van der Waals surface area (Å²) in [5, 5.41) is 21.9. The normalized spacial score (nSPS) is 16.2. The van der Waals surface area contributed by atoms with Crippen LogP contribution in [0.2, 0.25) is 0 Å². The van der Waals surface area contributed by atoms with Crippen LogP contribution in [-0.2, 0) is 0 Å². The van der Waals surface area contributed by atoms with Gasteiger partial charge < -0.3 is 15.5 Å². The fourth-order valence-electron chi connectivity index (χ4n) is 1.14. The molecular formula is C10H23NO2. The molecule has 0 rings (SSSR count). The number of aliphatic hydroxyl groups excluding tert-OH is 2. The van der Waals surface area contributed by atoms with E-state index < -0.39 is 0 Å². The first-order chi connectivity index (χ1) is 6.06. The molecule has 0 heterocycles. The van der Waals surface area contributed by atoms with Crippen LogP contribution in [0.1, 0.15) is 40.0 Å². The predicted molar refractivity (Wildman–Crippen MR) is 54.7 cm³/mol. The lowest BCUT2D eigenvalue weighted by molar-refractivity contribution is 0.0736. The van der Waals surface area contributed by atoms with Gasteiger partial charge in [0.2, 0.25) is 0 Å². The molecule has 80 valence electrons. The summed E-state index contributed by atoms with van der Waals surface area (Å²) in [6.07, 6.45) is 1.20. The Morgan fingerprint density at radius 1 is 1.15 bits per heavy atom. The molecule has 0 aliphatic carbocycles. The molecular weight excluding hydrogens is 166 g/mol. The zero-order valence-electron chi connectivity index (χ0n) is 8.95. The van der Waals surface area contributed by atoms with Crippen molar-refractivity contribution >= 4 is 0 Å². The fraction of sp³-hybridized carbons (Fsp3) is 1.00. The number of nitrogens with one attached hydrogen (secondary N) is 1. The molecule has 0 radical (unpaired) electrons. The van der Waals surface area contributed by atoms with Crippen molar-refractivity contribution in [2.45, 2.75) is 58.3 Å². The molecule has 0 spiro atoms. The lowest BCUT2D eigenvalue weighted by Gasteiger charge is -2.15. The van der Waals surface area contributed by atoms with Crippen LogP contribution in [0.25, 0.3) is 0 Å². The largest absolute Gasteiger partial charge is 0.393 e. The molecule has 0 saturated heterocycles. The Hall–Kier alpha value is -0.120. The molecule has 3 heteroatoms. The summed E-state index contributed by atoms with van der Waals surface area (Å²) >= 11 is 0. The topological polar surface area (TPSA) is 52.5 Å². The molecule has 0 aromatic heterocycles. The molecule has 0 amide bonds. The molecule has 0 aromatic rings. The molecule has 0 aliphatic heterocycles. The Morgan fingerprint density at radius 3 is 2.23 bits per heavy atom. The van der Waals surface area contributed by atoms with Gasteiger partial charge in [-0.25, -0.2) is 0 Å². The van der Waals surface area contributed by atoms with Crippen LogP contribution in [0.4, 0.5) is 0 Å². The minimum absolute atomic E-state index is 0.353. The van der Waals surface area contributed by atoms with Gasteiger partial charge in [-0.2, -0.15) is 0 Å². The van der Waals surface area contributed by atoms with Gasteiger partial charge in [-0.05, 0) is 25.8 Å². The second-order valence-corrected chi connectivity index (χ2v) is 3.85. The second-order valence-electron chi connectivity index (χ2n) is 3.85. The Balaban J connectivity index is 3.34. The Labute approximate surface area is 81.2 Å². The summed E-state index contributed by atoms with van der Waals surface area (Å²) in [5.74, 6) is 0. The maximum atomic E-state index is 9.46. The van der Waals surface area contributed by atoms with E-state index in [0.29, 0.717) is 18.9 Å². The highest BCUT2D eigenvalue weighted by molar-refractivity contribution is 4.64. The third-order valence-corrected chi connectivity index (χ3v) is 2.05. The Bertz CT molecular complexity index is 117. The summed E-state index contributed by atoms with van der Waals surface area (Å²) in [4.78, 5) is 0. The van der Waals surface area contributed by atoms with E-state index in [1.807, 2.05) is 6.92 Å². The Kier molecular flexibility index (Phi) is 7.23. The highest BCUT2D eigenvalue weighted by atomic mass is 16.3. The van der Waals surface area contributed by atoms with Gasteiger partial charge in [0.25, 0.3) is 0 Å². The zero-order chi connectivity index (χ0) is 10.3. The molecule has 0 saturated carbocycles. The van der Waals surface area contributed by atoms with Crippen LogP contribution in [0, 0.1) is 0 Å². The third kappa shape index (κ3) is 8.22. The van der Waals surface area contributed by atoms with Gasteiger partial charge in [0.05, 0.1) is 12.2 Å². The first-order valence-corrected chi connectivity index (χ1v) is 5.15. The second kappa shape index (κ2) is 7.30. The number of aliphatic hydroxyl groups is 2. The standard InChI is InChI=1S/C10H23NO2/c1-4-9(12)7-10(13)5-6-11-8(2)3/h8-13H,4-7H2,1-3H3. The third-order valence-electron chi connectivity index (χ3n) is 2.05. The van der Waals surface area contributed by atoms with Crippen molar-refractivity contribution < 1.29 is 10.2 Å². The van der Waals surface area contributed by atoms with Crippen LogP contribution in [0.3, 0.4) is 0 Å². The first-order valence-electron chi connectivity index (χ1n) is 5.15. The zero-order valence-corrected chi connectivity index (χ0v) is 8.95. The minimum atomic E-state index is -0.374. The molecule has 0 bridgehead atoms. The Morgan fingerprint density at radius 2 is 1.77 bits per heavy atom. The van der Waals surface area contributed by atoms with Gasteiger partial charge in [-0.3, -0.25) is 0 Å². The van der Waals surface area contributed by atoms with Crippen LogP contribution in [0.15, 0.2) is 0 Å². The summed E-state index contributed by atoms with van der Waals surface area (Å²) in [7, 11) is 0. The van der Waals surface area contributed by atoms with Crippen LogP contribution in [-0.4, -0.2) is 35.0 Å². The quantitative estimate of drug-likeness (QED) is 0.557. The van der Waals surface area contributed by atoms with Crippen molar-refractivity contribution in [1.82, 2.24) is 5.32 Å². The van der Waals surface area contributed by atoms with Crippen molar-refractivity contribution in [2.75, 3.05) is 6.54 Å². The highest BCUT2D eigenvalue weighted by Crippen LogP contribution is 2.04. The summed E-state index contributed by atoms with van der Waals surface area (Å²) in [5.41, 5.74) is 0. The molecule has 3 N–H and O–H groups in total. The molecule has 13 heavy (non-hydrogen) atoms. The van der Waals surface area contributed by atoms with Gasteiger partial charge in [0.1, 0.15) is 0 Å². The van der Waals surface area contributed by atoms with E-state index in [9.17, 15) is 10.2 Å². The average Bonchev–Trinajstić information content (AvgIpc) is 2.03.